The van der Waals surface area contributed by atoms with E-state index in [9.17, 15) is 18.0 Å². The van der Waals surface area contributed by atoms with E-state index in [0.717, 1.165) is 33.1 Å². The number of hydrogen-bond acceptors (Lipinski definition) is 6. The summed E-state index contributed by atoms with van der Waals surface area (Å²) < 4.78 is 56.6. The number of anilines is 1. The Labute approximate surface area is 257 Å². The van der Waals surface area contributed by atoms with Crippen molar-refractivity contribution in [3.05, 3.63) is 95.0 Å². The smallest absolute Gasteiger partial charge is 0.376 e. The molecule has 1 saturated heterocycles. The highest BCUT2D eigenvalue weighted by Crippen LogP contribution is 2.41. The molecule has 1 amide bonds. The highest BCUT2D eigenvalue weighted by molar-refractivity contribution is 6.13. The van der Waals surface area contributed by atoms with E-state index < -0.39 is 11.9 Å². The van der Waals surface area contributed by atoms with E-state index >= 15 is 0 Å². The molecule has 5 aromatic rings. The molecule has 9 nitrogen and oxygen atoms in total. The lowest BCUT2D eigenvalue weighted by molar-refractivity contribution is -0.140. The summed E-state index contributed by atoms with van der Waals surface area (Å²) in [7, 11) is 1.46. The van der Waals surface area contributed by atoms with Crippen molar-refractivity contribution in [2.24, 2.45) is 7.05 Å². The Morgan fingerprint density at radius 2 is 1.89 bits per heavy atom. The van der Waals surface area contributed by atoms with Crippen LogP contribution >= 0.6 is 0 Å². The second kappa shape index (κ2) is 11.4. The number of aromatic nitrogens is 5. The Balaban J connectivity index is 1.34. The second-order valence-corrected chi connectivity index (χ2v) is 11.5. The largest absolute Gasteiger partial charge is 0.435 e. The molecule has 45 heavy (non-hydrogen) atoms. The zero-order valence-electron chi connectivity index (χ0n) is 24.8. The molecule has 2 aliphatic rings. The maximum absolute atomic E-state index is 14.4. The number of benzene rings is 2. The standard InChI is InChI=1S/C33H31F3N6O3/c1-3-20-10-22(16-45-23-17-44-18-23)30-27(11-20)29(4-6-38-30)42-8-5-24-25(28-15-40(2)39-31(28)33(34,35)36)12-21(13-26(24)32(42)43)14-41-9-7-37-19-41/h4,6-7,9-13,15,19,23H,3,5,8,14,16-18H2,1-2H3. The third kappa shape index (κ3) is 5.48. The van der Waals surface area contributed by atoms with Crippen molar-refractivity contribution in [2.75, 3.05) is 24.7 Å². The van der Waals surface area contributed by atoms with Gasteiger partial charge in [-0.1, -0.05) is 13.0 Å². The summed E-state index contributed by atoms with van der Waals surface area (Å²) in [5, 5.41) is 4.58. The fourth-order valence-electron chi connectivity index (χ4n) is 6.16. The Kier molecular flexibility index (Phi) is 7.41. The van der Waals surface area contributed by atoms with Gasteiger partial charge in [0.15, 0.2) is 5.69 Å². The van der Waals surface area contributed by atoms with Crippen LogP contribution in [0.5, 0.6) is 0 Å². The molecule has 2 aromatic carbocycles. The molecule has 1 fully saturated rings. The first-order valence-electron chi connectivity index (χ1n) is 14.8. The first-order chi connectivity index (χ1) is 21.7. The fraction of sp³-hybridized carbons (Fsp3) is 0.333. The number of aryl methyl sites for hydroxylation is 2. The molecule has 0 radical (unpaired) electrons. The number of nitrogens with zero attached hydrogens (tertiary/aromatic N) is 6. The number of halogens is 3. The van der Waals surface area contributed by atoms with Gasteiger partial charge in [-0.15, -0.1) is 0 Å². The van der Waals surface area contributed by atoms with Gasteiger partial charge < -0.3 is 18.9 Å². The van der Waals surface area contributed by atoms with Crippen LogP contribution in [0.15, 0.2) is 61.4 Å². The van der Waals surface area contributed by atoms with Crippen molar-refractivity contribution in [1.29, 1.82) is 0 Å². The van der Waals surface area contributed by atoms with Crippen LogP contribution in [0.4, 0.5) is 18.9 Å². The Hall–Kier alpha value is -4.55. The van der Waals surface area contributed by atoms with Crippen molar-refractivity contribution in [3.63, 3.8) is 0 Å². The summed E-state index contributed by atoms with van der Waals surface area (Å²) in [4.78, 5) is 24.9. The average molecular weight is 617 g/mol. The summed E-state index contributed by atoms with van der Waals surface area (Å²) in [6.07, 6.45) is 4.64. The van der Waals surface area contributed by atoms with Crippen molar-refractivity contribution in [3.8, 4) is 11.1 Å². The van der Waals surface area contributed by atoms with Crippen LogP contribution < -0.4 is 4.90 Å². The SMILES string of the molecule is CCc1cc(COC2COC2)c2nccc(N3CCc4c(cc(Cn5ccnc5)cc4-c4cn(C)nc4C(F)(F)F)C3=O)c2c1. The van der Waals surface area contributed by atoms with E-state index in [1.807, 2.05) is 10.6 Å². The van der Waals surface area contributed by atoms with Gasteiger partial charge in [0.25, 0.3) is 5.91 Å². The first kappa shape index (κ1) is 29.2. The van der Waals surface area contributed by atoms with Crippen LogP contribution in [0.3, 0.4) is 0 Å². The molecule has 0 N–H and O–H groups in total. The molecule has 3 aromatic heterocycles. The minimum absolute atomic E-state index is 0.0431. The van der Waals surface area contributed by atoms with E-state index in [2.05, 4.69) is 34.1 Å². The molecular weight excluding hydrogens is 585 g/mol. The highest BCUT2D eigenvalue weighted by atomic mass is 19.4. The number of ether oxygens (including phenoxy) is 2. The van der Waals surface area contributed by atoms with Crippen LogP contribution in [0.2, 0.25) is 0 Å². The van der Waals surface area contributed by atoms with Gasteiger partial charge in [-0.2, -0.15) is 18.3 Å². The number of carbonyl (C=O) groups is 1. The van der Waals surface area contributed by atoms with Crippen LogP contribution in [-0.2, 0) is 48.7 Å². The van der Waals surface area contributed by atoms with E-state index in [1.165, 1.54) is 13.2 Å². The normalized spacial score (nSPS) is 15.5. The summed E-state index contributed by atoms with van der Waals surface area (Å²) in [6, 6.07) is 9.50. The molecule has 12 heteroatoms. The van der Waals surface area contributed by atoms with E-state index in [0.29, 0.717) is 67.3 Å². The number of hydrogen-bond donors (Lipinski definition) is 0. The lowest BCUT2D eigenvalue weighted by Gasteiger charge is -2.31. The summed E-state index contributed by atoms with van der Waals surface area (Å²) in [5.74, 6) is -0.277. The fourth-order valence-corrected chi connectivity index (χ4v) is 6.16. The lowest BCUT2D eigenvalue weighted by Crippen LogP contribution is -2.38. The van der Waals surface area contributed by atoms with Gasteiger partial charge in [-0.25, -0.2) is 4.98 Å². The number of rotatable bonds is 8. The molecule has 232 valence electrons. The maximum atomic E-state index is 14.4. The molecule has 0 atom stereocenters. The number of pyridine rings is 1. The average Bonchev–Trinajstić information content (AvgIpc) is 3.65. The molecule has 2 aliphatic heterocycles. The minimum Gasteiger partial charge on any atom is -0.376 e. The second-order valence-electron chi connectivity index (χ2n) is 11.5. The van der Waals surface area contributed by atoms with Crippen molar-refractivity contribution in [1.82, 2.24) is 24.3 Å². The van der Waals surface area contributed by atoms with Crippen molar-refractivity contribution >= 4 is 22.5 Å². The summed E-state index contributed by atoms with van der Waals surface area (Å²) in [5.41, 5.74) is 4.46. The lowest BCUT2D eigenvalue weighted by atomic mass is 9.87. The number of amides is 1. The monoisotopic (exact) mass is 616 g/mol. The zero-order chi connectivity index (χ0) is 31.3. The van der Waals surface area contributed by atoms with Gasteiger partial charge >= 0.3 is 6.18 Å². The molecule has 0 bridgehead atoms. The molecule has 7 rings (SSSR count). The Morgan fingerprint density at radius 3 is 2.60 bits per heavy atom. The zero-order valence-corrected chi connectivity index (χ0v) is 24.8. The minimum atomic E-state index is -4.66. The summed E-state index contributed by atoms with van der Waals surface area (Å²) in [6.45, 7) is 4.21. The van der Waals surface area contributed by atoms with Gasteiger partial charge in [0, 0.05) is 67.0 Å². The number of imidazole rings is 1. The molecule has 0 saturated carbocycles. The van der Waals surface area contributed by atoms with E-state index in [-0.39, 0.29) is 17.6 Å². The van der Waals surface area contributed by atoms with Crippen molar-refractivity contribution in [2.45, 2.75) is 45.2 Å². The third-order valence-corrected chi connectivity index (χ3v) is 8.42. The Morgan fingerprint density at radius 1 is 1.07 bits per heavy atom. The maximum Gasteiger partial charge on any atom is 0.435 e. The molecule has 0 unspecified atom stereocenters. The van der Waals surface area contributed by atoms with Gasteiger partial charge in [-0.3, -0.25) is 14.5 Å². The van der Waals surface area contributed by atoms with E-state index in [1.54, 1.807) is 42.0 Å². The topological polar surface area (TPSA) is 87.3 Å². The predicted octanol–water partition coefficient (Wildman–Crippen LogP) is 5.58. The third-order valence-electron chi connectivity index (χ3n) is 8.42. The number of fused-ring (bicyclic) bond motifs is 2. The van der Waals surface area contributed by atoms with Crippen LogP contribution in [0.1, 0.15) is 45.2 Å². The van der Waals surface area contributed by atoms with Crippen molar-refractivity contribution < 1.29 is 27.4 Å². The highest BCUT2D eigenvalue weighted by Gasteiger charge is 2.39. The van der Waals surface area contributed by atoms with Gasteiger partial charge in [-0.05, 0) is 59.4 Å². The van der Waals surface area contributed by atoms with E-state index in [4.69, 9.17) is 9.47 Å². The van der Waals surface area contributed by atoms with Gasteiger partial charge in [0.05, 0.1) is 37.4 Å². The summed E-state index contributed by atoms with van der Waals surface area (Å²) >= 11 is 0. The molecule has 0 aliphatic carbocycles. The Bertz CT molecular complexity index is 1900. The molecule has 5 heterocycles. The first-order valence-corrected chi connectivity index (χ1v) is 14.8. The van der Waals surface area contributed by atoms with Crippen LogP contribution in [0, 0.1) is 0 Å². The molecular formula is C33H31F3N6O3. The van der Waals surface area contributed by atoms with Crippen LogP contribution in [-0.4, -0.2) is 56.1 Å². The van der Waals surface area contributed by atoms with Gasteiger partial charge in [0.2, 0.25) is 0 Å². The van der Waals surface area contributed by atoms with Gasteiger partial charge in [0.1, 0.15) is 6.10 Å². The quantitative estimate of drug-likeness (QED) is 0.226. The predicted molar refractivity (Wildman–Crippen MR) is 161 cm³/mol. The number of alkyl halides is 3. The number of carbonyl (C=O) groups excluding carboxylic acids is 1. The molecule has 0 spiro atoms. The van der Waals surface area contributed by atoms with Crippen LogP contribution in [0.25, 0.3) is 22.0 Å².